The van der Waals surface area contributed by atoms with Crippen molar-refractivity contribution < 1.29 is 33.0 Å². The standard InChI is InChI=1S/C25H34N7O7P/c1-6-17-20(33)18(38-23(17)32-13-28-19-21(27-5)29-25(26)30-22(19)32)12-36-40(35,39-16-10-8-7-9-11-16)31-15(4)24(34)37-14(2)3/h6-11,13-15,17-18,20,23,33H,1,12H2,2-5H3,(H,31,35)(H3,26,27,29,30)/t15?,17-,18+,20-,23+,40+/m0/s1. The Morgan fingerprint density at radius 3 is 2.67 bits per heavy atom. The van der Waals surface area contributed by atoms with Crippen LogP contribution in [0.25, 0.3) is 11.2 Å². The highest BCUT2D eigenvalue weighted by molar-refractivity contribution is 7.52. The fraction of sp³-hybridized carbons (Fsp3) is 0.440. The first-order valence-electron chi connectivity index (χ1n) is 12.7. The minimum Gasteiger partial charge on any atom is -0.462 e. The van der Waals surface area contributed by atoms with E-state index in [1.54, 1.807) is 61.9 Å². The fourth-order valence-corrected chi connectivity index (χ4v) is 5.71. The quantitative estimate of drug-likeness (QED) is 0.140. The lowest BCUT2D eigenvalue weighted by atomic mass is 10.00. The van der Waals surface area contributed by atoms with Gasteiger partial charge in [-0.3, -0.25) is 13.9 Å². The number of fused-ring (bicyclic) bond motifs is 1. The number of nitrogens with two attached hydrogens (primary N) is 1. The number of para-hydroxylation sites is 1. The molecular weight excluding hydrogens is 541 g/mol. The fourth-order valence-electron chi connectivity index (χ4n) is 4.21. The summed E-state index contributed by atoms with van der Waals surface area (Å²) in [6, 6.07) is 7.33. The number of aromatic nitrogens is 4. The zero-order valence-electron chi connectivity index (χ0n) is 22.6. The predicted octanol–water partition coefficient (Wildman–Crippen LogP) is 2.64. The van der Waals surface area contributed by atoms with Crippen molar-refractivity contribution in [2.45, 2.75) is 51.4 Å². The van der Waals surface area contributed by atoms with Crippen molar-refractivity contribution in [1.29, 1.82) is 0 Å². The van der Waals surface area contributed by atoms with Crippen molar-refractivity contribution in [2.24, 2.45) is 5.92 Å². The third-order valence-electron chi connectivity index (χ3n) is 6.08. The molecule has 1 unspecified atom stereocenters. The number of carbonyl (C=O) groups is 1. The Balaban J connectivity index is 1.55. The van der Waals surface area contributed by atoms with Crippen molar-refractivity contribution in [2.75, 3.05) is 24.7 Å². The van der Waals surface area contributed by atoms with Gasteiger partial charge in [0.1, 0.15) is 24.1 Å². The molecule has 0 saturated carbocycles. The van der Waals surface area contributed by atoms with Gasteiger partial charge in [-0.25, -0.2) is 9.55 Å². The molecule has 6 atom stereocenters. The van der Waals surface area contributed by atoms with Gasteiger partial charge in [0, 0.05) is 7.05 Å². The van der Waals surface area contributed by atoms with Gasteiger partial charge < -0.3 is 30.2 Å². The van der Waals surface area contributed by atoms with Crippen LogP contribution in [0.3, 0.4) is 0 Å². The third-order valence-corrected chi connectivity index (χ3v) is 7.72. The summed E-state index contributed by atoms with van der Waals surface area (Å²) in [5.41, 5.74) is 6.73. The minimum atomic E-state index is -4.17. The Morgan fingerprint density at radius 2 is 2.02 bits per heavy atom. The molecule has 3 heterocycles. The van der Waals surface area contributed by atoms with Gasteiger partial charge in [0.25, 0.3) is 0 Å². The molecule has 0 bridgehead atoms. The maximum absolute atomic E-state index is 13.8. The molecule has 1 aromatic carbocycles. The molecule has 3 aromatic rings. The number of carbonyl (C=O) groups excluding carboxylic acids is 1. The van der Waals surface area contributed by atoms with Crippen LogP contribution in [-0.2, 0) is 23.4 Å². The van der Waals surface area contributed by atoms with Crippen LogP contribution in [0.2, 0.25) is 0 Å². The first-order chi connectivity index (χ1) is 19.0. The number of nitrogens with one attached hydrogen (secondary N) is 2. The van der Waals surface area contributed by atoms with Crippen LogP contribution in [0.5, 0.6) is 5.75 Å². The highest BCUT2D eigenvalue weighted by atomic mass is 31.2. The van der Waals surface area contributed by atoms with E-state index in [9.17, 15) is 14.5 Å². The first kappa shape index (κ1) is 29.4. The number of anilines is 2. The van der Waals surface area contributed by atoms with Crippen LogP contribution < -0.4 is 20.7 Å². The molecule has 0 spiro atoms. The molecule has 0 aliphatic carbocycles. The summed E-state index contributed by atoms with van der Waals surface area (Å²) < 4.78 is 38.2. The number of aliphatic hydroxyl groups excluding tert-OH is 1. The number of imidazole rings is 1. The molecule has 2 aromatic heterocycles. The highest BCUT2D eigenvalue weighted by Gasteiger charge is 2.45. The van der Waals surface area contributed by atoms with E-state index in [4.69, 9.17) is 24.3 Å². The molecule has 1 fully saturated rings. The number of rotatable bonds is 12. The molecule has 14 nitrogen and oxygen atoms in total. The number of hydrogen-bond acceptors (Lipinski definition) is 12. The molecule has 5 N–H and O–H groups in total. The van der Waals surface area contributed by atoms with Crippen LogP contribution >= 0.6 is 7.75 Å². The van der Waals surface area contributed by atoms with Crippen molar-refractivity contribution >= 4 is 36.6 Å². The second-order valence-corrected chi connectivity index (χ2v) is 11.1. The third kappa shape index (κ3) is 6.43. The molecule has 0 amide bonds. The number of benzene rings is 1. The van der Waals surface area contributed by atoms with Crippen LogP contribution in [0, 0.1) is 5.92 Å². The van der Waals surface area contributed by atoms with Gasteiger partial charge in [0.2, 0.25) is 5.95 Å². The zero-order chi connectivity index (χ0) is 29.0. The number of esters is 1. The van der Waals surface area contributed by atoms with Crippen LogP contribution in [0.15, 0.2) is 49.3 Å². The molecule has 1 aliphatic rings. The summed E-state index contributed by atoms with van der Waals surface area (Å²) >= 11 is 0. The maximum atomic E-state index is 13.8. The van der Waals surface area contributed by atoms with Crippen molar-refractivity contribution in [3.63, 3.8) is 0 Å². The zero-order valence-corrected chi connectivity index (χ0v) is 23.5. The Morgan fingerprint density at radius 1 is 1.30 bits per heavy atom. The smallest absolute Gasteiger partial charge is 0.459 e. The first-order valence-corrected chi connectivity index (χ1v) is 14.2. The van der Waals surface area contributed by atoms with Gasteiger partial charge in [-0.2, -0.15) is 15.1 Å². The molecule has 0 radical (unpaired) electrons. The Bertz CT molecular complexity index is 1390. The van der Waals surface area contributed by atoms with Crippen molar-refractivity contribution in [1.82, 2.24) is 24.6 Å². The lowest BCUT2D eigenvalue weighted by Gasteiger charge is -2.25. The average molecular weight is 576 g/mol. The Hall–Kier alpha value is -3.55. The van der Waals surface area contributed by atoms with Crippen molar-refractivity contribution in [3.8, 4) is 5.75 Å². The van der Waals surface area contributed by atoms with E-state index in [1.807, 2.05) is 0 Å². The normalized spacial score (nSPS) is 23.1. The molecule has 40 heavy (non-hydrogen) atoms. The predicted molar refractivity (Wildman–Crippen MR) is 147 cm³/mol. The Kier molecular flexibility index (Phi) is 9.06. The molecule has 216 valence electrons. The molecular formula is C25H34N7O7P. The number of aliphatic hydroxyl groups is 1. The summed E-state index contributed by atoms with van der Waals surface area (Å²) in [7, 11) is -2.49. The number of ether oxygens (including phenoxy) is 2. The second kappa shape index (κ2) is 12.3. The highest BCUT2D eigenvalue weighted by Crippen LogP contribution is 2.46. The number of hydrogen-bond donors (Lipinski definition) is 4. The second-order valence-electron chi connectivity index (χ2n) is 9.41. The van der Waals surface area contributed by atoms with Gasteiger partial charge in [-0.1, -0.05) is 24.3 Å². The van der Waals surface area contributed by atoms with E-state index < -0.39 is 44.1 Å². The van der Waals surface area contributed by atoms with E-state index in [0.29, 0.717) is 17.0 Å². The largest absolute Gasteiger partial charge is 0.462 e. The van der Waals surface area contributed by atoms with E-state index in [1.165, 1.54) is 13.3 Å². The topological polar surface area (TPSA) is 185 Å². The summed E-state index contributed by atoms with van der Waals surface area (Å²) in [6.07, 6.45) is -0.160. The van der Waals surface area contributed by atoms with Crippen LogP contribution in [0.1, 0.15) is 27.0 Å². The lowest BCUT2D eigenvalue weighted by molar-refractivity contribution is -0.149. The van der Waals surface area contributed by atoms with E-state index in [0.717, 1.165) is 0 Å². The van der Waals surface area contributed by atoms with Gasteiger partial charge >= 0.3 is 13.7 Å². The molecule has 15 heteroatoms. The number of nitrogens with zero attached hydrogens (tertiary/aromatic N) is 4. The Labute approximate surface area is 231 Å². The average Bonchev–Trinajstić information content (AvgIpc) is 3.47. The summed E-state index contributed by atoms with van der Waals surface area (Å²) in [5, 5.41) is 16.6. The van der Waals surface area contributed by atoms with E-state index in [2.05, 4.69) is 31.9 Å². The number of nitrogen functional groups attached to an aromatic ring is 1. The maximum Gasteiger partial charge on any atom is 0.459 e. The SMILES string of the molecule is C=C[C@H]1[C@H](O)[C@@H](CO[P@](=O)(NC(C)C(=O)OC(C)C)Oc2ccccc2)O[C@H]1n1cnc2c(NC)nc(N)nc21. The molecule has 1 saturated heterocycles. The molecule has 1 aliphatic heterocycles. The summed E-state index contributed by atoms with van der Waals surface area (Å²) in [5.74, 6) is -0.524. The minimum absolute atomic E-state index is 0.0300. The van der Waals surface area contributed by atoms with Crippen LogP contribution in [-0.4, -0.2) is 68.6 Å². The van der Waals surface area contributed by atoms with Gasteiger partial charge in [0.05, 0.1) is 31.1 Å². The lowest BCUT2D eigenvalue weighted by Crippen LogP contribution is -2.37. The summed E-state index contributed by atoms with van der Waals surface area (Å²) in [6.45, 7) is 8.38. The van der Waals surface area contributed by atoms with E-state index in [-0.39, 0.29) is 24.4 Å². The summed E-state index contributed by atoms with van der Waals surface area (Å²) in [4.78, 5) is 25.2. The van der Waals surface area contributed by atoms with Crippen LogP contribution in [0.4, 0.5) is 11.8 Å². The monoisotopic (exact) mass is 575 g/mol. The van der Waals surface area contributed by atoms with Gasteiger partial charge in [-0.15, -0.1) is 6.58 Å². The van der Waals surface area contributed by atoms with E-state index >= 15 is 0 Å². The molecule has 4 rings (SSSR count). The van der Waals surface area contributed by atoms with Crippen molar-refractivity contribution in [3.05, 3.63) is 49.3 Å². The van der Waals surface area contributed by atoms with Gasteiger partial charge in [-0.05, 0) is 32.9 Å². The van der Waals surface area contributed by atoms with Gasteiger partial charge in [0.15, 0.2) is 17.0 Å².